The fourth-order valence-corrected chi connectivity index (χ4v) is 2.73. The van der Waals surface area contributed by atoms with Crippen molar-refractivity contribution in [2.75, 3.05) is 6.54 Å². The molecule has 2 aromatic rings. The number of nitrogens with zero attached hydrogens (tertiary/aromatic N) is 2. The second-order valence-electron chi connectivity index (χ2n) is 6.15. The summed E-state index contributed by atoms with van der Waals surface area (Å²) in [4.78, 5) is 6.15. The molecule has 2 aromatic carbocycles. The predicted octanol–water partition coefficient (Wildman–Crippen LogP) is 3.64. The van der Waals surface area contributed by atoms with E-state index < -0.39 is 11.7 Å². The molecule has 0 fully saturated rings. The van der Waals surface area contributed by atoms with Gasteiger partial charge in [0, 0.05) is 25.1 Å². The molecule has 3 rings (SSSR count). The van der Waals surface area contributed by atoms with E-state index in [1.807, 2.05) is 4.90 Å². The topological polar surface area (TPSA) is 73.9 Å². The third kappa shape index (κ3) is 4.64. The Morgan fingerprint density at radius 1 is 1.14 bits per heavy atom. The van der Waals surface area contributed by atoms with Crippen LogP contribution in [0.15, 0.2) is 72.1 Å². The van der Waals surface area contributed by atoms with E-state index in [9.17, 15) is 18.3 Å². The van der Waals surface area contributed by atoms with Crippen LogP contribution in [0, 0.1) is 0 Å². The van der Waals surface area contributed by atoms with E-state index in [1.165, 1.54) is 18.3 Å². The van der Waals surface area contributed by atoms with Crippen molar-refractivity contribution in [1.82, 2.24) is 10.2 Å². The molecule has 146 valence electrons. The molecule has 1 aliphatic rings. The number of phenolic OH excluding ortho intramolecular Hbond substituents is 1. The molecule has 0 aliphatic carbocycles. The van der Waals surface area contributed by atoms with Crippen LogP contribution in [0.2, 0.25) is 0 Å². The average molecular weight is 388 g/mol. The van der Waals surface area contributed by atoms with Crippen molar-refractivity contribution < 1.29 is 18.3 Å². The van der Waals surface area contributed by atoms with Gasteiger partial charge in [-0.2, -0.15) is 13.2 Å². The molecule has 0 radical (unpaired) electrons. The first-order valence-corrected chi connectivity index (χ1v) is 8.48. The highest BCUT2D eigenvalue weighted by Gasteiger charge is 2.29. The Kier molecular flexibility index (Phi) is 5.58. The molecule has 0 spiro atoms. The summed E-state index contributed by atoms with van der Waals surface area (Å²) in [6.45, 7) is 0.764. The van der Waals surface area contributed by atoms with Crippen LogP contribution in [0.1, 0.15) is 16.7 Å². The van der Waals surface area contributed by atoms with Crippen molar-refractivity contribution in [1.29, 1.82) is 0 Å². The van der Waals surface area contributed by atoms with Crippen LogP contribution >= 0.6 is 0 Å². The molecule has 0 bridgehead atoms. The van der Waals surface area contributed by atoms with E-state index in [2.05, 4.69) is 10.3 Å². The average Bonchev–Trinajstić information content (AvgIpc) is 2.68. The van der Waals surface area contributed by atoms with E-state index in [0.717, 1.165) is 23.4 Å². The maximum Gasteiger partial charge on any atom is 0.416 e. The standard InChI is InChI=1S/C20H19F3N4O/c21-20(22,23)16-5-1-14(2-6-16)12-26-19-13-27(10-9-25-19)18(11-24)15-3-7-17(28)8-4-15/h1-11,28H,12-13,24H2,(H,25,26)/b18-11-. The summed E-state index contributed by atoms with van der Waals surface area (Å²) < 4.78 is 37.9. The number of aromatic hydroxyl groups is 1. The Balaban J connectivity index is 1.63. The van der Waals surface area contributed by atoms with Crippen LogP contribution in [0.4, 0.5) is 13.2 Å². The summed E-state index contributed by atoms with van der Waals surface area (Å²) in [5, 5.41) is 12.6. The van der Waals surface area contributed by atoms with Gasteiger partial charge in [0.05, 0.1) is 17.8 Å². The van der Waals surface area contributed by atoms with E-state index in [4.69, 9.17) is 5.73 Å². The first kappa shape index (κ1) is 19.3. The minimum atomic E-state index is -4.34. The third-order valence-electron chi connectivity index (χ3n) is 4.21. The Labute approximate surface area is 160 Å². The number of halogens is 3. The number of amidine groups is 1. The number of nitrogens with two attached hydrogens (primary N) is 1. The van der Waals surface area contributed by atoms with Gasteiger partial charge >= 0.3 is 6.18 Å². The van der Waals surface area contributed by atoms with E-state index in [0.29, 0.717) is 24.5 Å². The SMILES string of the molecule is N/C=C(/c1ccc(O)cc1)N1C=CN=C(NCc2ccc(C(F)(F)F)cc2)C1. The summed E-state index contributed by atoms with van der Waals surface area (Å²) in [5.74, 6) is 0.815. The number of benzene rings is 2. The lowest BCUT2D eigenvalue weighted by Crippen LogP contribution is -2.35. The maximum atomic E-state index is 12.6. The maximum absolute atomic E-state index is 12.6. The van der Waals surface area contributed by atoms with Gasteiger partial charge in [-0.3, -0.25) is 0 Å². The first-order valence-electron chi connectivity index (χ1n) is 8.48. The number of hydrogen-bond acceptors (Lipinski definition) is 5. The third-order valence-corrected chi connectivity index (χ3v) is 4.21. The quantitative estimate of drug-likeness (QED) is 0.748. The summed E-state index contributed by atoms with van der Waals surface area (Å²) in [5.41, 5.74) is 7.38. The van der Waals surface area contributed by atoms with Gasteiger partial charge in [-0.25, -0.2) is 4.99 Å². The van der Waals surface area contributed by atoms with Crippen molar-refractivity contribution in [3.05, 3.63) is 83.8 Å². The first-order chi connectivity index (χ1) is 13.4. The molecule has 0 aromatic heterocycles. The normalized spacial score (nSPS) is 14.8. The summed E-state index contributed by atoms with van der Waals surface area (Å²) in [7, 11) is 0. The molecule has 5 nitrogen and oxygen atoms in total. The fraction of sp³-hybridized carbons (Fsp3) is 0.150. The largest absolute Gasteiger partial charge is 0.508 e. The molecule has 1 aliphatic heterocycles. The number of hydrogen-bond donors (Lipinski definition) is 3. The highest BCUT2D eigenvalue weighted by Crippen LogP contribution is 2.29. The van der Waals surface area contributed by atoms with Crippen LogP contribution in [-0.4, -0.2) is 22.4 Å². The summed E-state index contributed by atoms with van der Waals surface area (Å²) in [6.07, 6.45) is 0.511. The molecule has 4 N–H and O–H groups in total. The lowest BCUT2D eigenvalue weighted by Gasteiger charge is -2.26. The monoisotopic (exact) mass is 388 g/mol. The van der Waals surface area contributed by atoms with Gasteiger partial charge in [-0.05, 0) is 47.5 Å². The number of nitrogens with one attached hydrogen (secondary N) is 1. The Morgan fingerprint density at radius 2 is 1.82 bits per heavy atom. The van der Waals surface area contributed by atoms with Gasteiger partial charge < -0.3 is 21.1 Å². The summed E-state index contributed by atoms with van der Waals surface area (Å²) in [6, 6.07) is 11.7. The lowest BCUT2D eigenvalue weighted by molar-refractivity contribution is -0.137. The molecular formula is C20H19F3N4O. The minimum absolute atomic E-state index is 0.162. The molecule has 1 heterocycles. The number of aliphatic imine (C=N–C) groups is 1. The Morgan fingerprint density at radius 3 is 2.43 bits per heavy atom. The van der Waals surface area contributed by atoms with Gasteiger partial charge in [0.1, 0.15) is 11.6 Å². The Hall–Kier alpha value is -3.42. The zero-order valence-electron chi connectivity index (χ0n) is 14.8. The van der Waals surface area contributed by atoms with Crippen molar-refractivity contribution in [2.45, 2.75) is 12.7 Å². The van der Waals surface area contributed by atoms with Gasteiger partial charge in [0.2, 0.25) is 0 Å². The van der Waals surface area contributed by atoms with Crippen molar-refractivity contribution in [2.24, 2.45) is 10.7 Å². The van der Waals surface area contributed by atoms with Gasteiger partial charge in [-0.15, -0.1) is 0 Å². The molecule has 0 saturated carbocycles. The van der Waals surface area contributed by atoms with Crippen LogP contribution in [-0.2, 0) is 12.7 Å². The van der Waals surface area contributed by atoms with Gasteiger partial charge in [0.25, 0.3) is 0 Å². The van der Waals surface area contributed by atoms with Crippen LogP contribution in [0.5, 0.6) is 5.75 Å². The van der Waals surface area contributed by atoms with E-state index >= 15 is 0 Å². The number of rotatable bonds is 4. The van der Waals surface area contributed by atoms with Crippen LogP contribution in [0.3, 0.4) is 0 Å². The van der Waals surface area contributed by atoms with Gasteiger partial charge in [0.15, 0.2) is 0 Å². The number of phenols is 1. The summed E-state index contributed by atoms with van der Waals surface area (Å²) >= 11 is 0. The molecule has 28 heavy (non-hydrogen) atoms. The van der Waals surface area contributed by atoms with Crippen LogP contribution in [0.25, 0.3) is 5.70 Å². The fourth-order valence-electron chi connectivity index (χ4n) is 2.73. The van der Waals surface area contributed by atoms with Gasteiger partial charge in [-0.1, -0.05) is 12.1 Å². The molecule has 0 amide bonds. The molecule has 0 atom stereocenters. The zero-order valence-corrected chi connectivity index (χ0v) is 14.8. The van der Waals surface area contributed by atoms with E-state index in [-0.39, 0.29) is 5.75 Å². The molecular weight excluding hydrogens is 369 g/mol. The molecule has 8 heteroatoms. The predicted molar refractivity (Wildman–Crippen MR) is 102 cm³/mol. The molecule has 0 unspecified atom stereocenters. The minimum Gasteiger partial charge on any atom is -0.508 e. The second kappa shape index (κ2) is 8.08. The molecule has 0 saturated heterocycles. The number of alkyl halides is 3. The smallest absolute Gasteiger partial charge is 0.416 e. The zero-order chi connectivity index (χ0) is 20.1. The second-order valence-corrected chi connectivity index (χ2v) is 6.15. The van der Waals surface area contributed by atoms with Crippen molar-refractivity contribution in [3.63, 3.8) is 0 Å². The highest BCUT2D eigenvalue weighted by molar-refractivity contribution is 5.87. The van der Waals surface area contributed by atoms with Crippen molar-refractivity contribution >= 4 is 11.5 Å². The van der Waals surface area contributed by atoms with Crippen molar-refractivity contribution in [3.8, 4) is 5.75 Å². The lowest BCUT2D eigenvalue weighted by atomic mass is 10.1. The Bertz CT molecular complexity index is 901. The van der Waals surface area contributed by atoms with E-state index in [1.54, 1.807) is 36.7 Å². The highest BCUT2D eigenvalue weighted by atomic mass is 19.4. The van der Waals surface area contributed by atoms with Crippen LogP contribution < -0.4 is 11.1 Å².